The maximum Gasteiger partial charge on any atom is 0.417 e. The van der Waals surface area contributed by atoms with Gasteiger partial charge in [-0.15, -0.1) is 6.42 Å². The fraction of sp³-hybridized carbons (Fsp3) is 0.200. The van der Waals surface area contributed by atoms with E-state index >= 15 is 0 Å². The zero-order valence-electron chi connectivity index (χ0n) is 14.9. The van der Waals surface area contributed by atoms with Gasteiger partial charge in [0.1, 0.15) is 23.6 Å². The van der Waals surface area contributed by atoms with E-state index in [1.54, 1.807) is 0 Å². The fourth-order valence-corrected chi connectivity index (χ4v) is 2.31. The molecule has 29 heavy (non-hydrogen) atoms. The first-order valence-electron chi connectivity index (χ1n) is 7.98. The molecule has 0 fully saturated rings. The second kappa shape index (κ2) is 8.42. The molecule has 4 nitrogen and oxygen atoms in total. The van der Waals surface area contributed by atoms with Gasteiger partial charge in [0, 0.05) is 11.8 Å². The third-order valence-corrected chi connectivity index (χ3v) is 4.25. The van der Waals surface area contributed by atoms with Gasteiger partial charge in [-0.3, -0.25) is 4.79 Å². The normalized spacial score (nSPS) is 13.0. The number of hydrogen-bond donors (Lipinski definition) is 1. The lowest BCUT2D eigenvalue weighted by molar-refractivity contribution is -0.137. The number of anilines is 1. The minimum atomic E-state index is -4.77. The molecule has 2 aromatic carbocycles. The molecule has 0 aromatic heterocycles. The van der Waals surface area contributed by atoms with Crippen LogP contribution < -0.4 is 10.1 Å². The highest BCUT2D eigenvalue weighted by molar-refractivity contribution is 6.30. The number of amides is 1. The molecule has 1 N–H and O–H groups in total. The summed E-state index contributed by atoms with van der Waals surface area (Å²) < 4.78 is 58.0. The first-order valence-corrected chi connectivity index (χ1v) is 8.36. The average Bonchev–Trinajstić information content (AvgIpc) is 2.67. The third kappa shape index (κ3) is 5.18. The molecule has 1 atom stereocenters. The fourth-order valence-electron chi connectivity index (χ4n) is 2.19. The molecule has 2 aromatic rings. The Bertz CT molecular complexity index is 1020. The second-order valence-electron chi connectivity index (χ2n) is 6.17. The number of nitrogens with one attached hydrogen (secondary N) is 1. The predicted octanol–water partition coefficient (Wildman–Crippen LogP) is 5.03. The maximum absolute atomic E-state index is 13.5. The number of terminal acetylenes is 1. The molecule has 0 aliphatic carbocycles. The highest BCUT2D eigenvalue weighted by Crippen LogP contribution is 2.34. The molecule has 0 bridgehead atoms. The van der Waals surface area contributed by atoms with Gasteiger partial charge in [-0.2, -0.15) is 18.4 Å². The molecule has 0 aliphatic rings. The molecule has 0 saturated carbocycles. The molecule has 0 saturated heterocycles. The summed E-state index contributed by atoms with van der Waals surface area (Å²) in [6.07, 6.45) is 0.641. The number of nitrogens with zero attached hydrogens (tertiary/aromatic N) is 1. The Morgan fingerprint density at radius 2 is 1.97 bits per heavy atom. The lowest BCUT2D eigenvalue weighted by Gasteiger charge is -2.23. The van der Waals surface area contributed by atoms with Crippen molar-refractivity contribution in [2.24, 2.45) is 5.41 Å². The first kappa shape index (κ1) is 22.1. The van der Waals surface area contributed by atoms with Gasteiger partial charge in [-0.05, 0) is 37.3 Å². The molecule has 2 rings (SSSR count). The van der Waals surface area contributed by atoms with Crippen molar-refractivity contribution in [3.8, 4) is 24.2 Å². The SMILES string of the molecule is C#C[C@@](C)(COc1ccc(Cl)c(F)c1)C(=O)Nc1ccc(C#N)c(C(F)(F)F)c1. The van der Waals surface area contributed by atoms with Gasteiger partial charge in [-0.1, -0.05) is 17.5 Å². The number of carbonyl (C=O) groups is 1. The Labute approximate surface area is 169 Å². The summed E-state index contributed by atoms with van der Waals surface area (Å²) >= 11 is 5.58. The van der Waals surface area contributed by atoms with Crippen LogP contribution in [-0.2, 0) is 11.0 Å². The Hall–Kier alpha value is -3.23. The van der Waals surface area contributed by atoms with Crippen LogP contribution in [0.2, 0.25) is 5.02 Å². The van der Waals surface area contributed by atoms with Crippen LogP contribution in [0.3, 0.4) is 0 Å². The Balaban J connectivity index is 2.19. The van der Waals surface area contributed by atoms with E-state index in [2.05, 4.69) is 11.2 Å². The number of alkyl halides is 3. The van der Waals surface area contributed by atoms with Crippen LogP contribution in [0.15, 0.2) is 36.4 Å². The molecule has 9 heteroatoms. The number of rotatable bonds is 5. The van der Waals surface area contributed by atoms with Gasteiger partial charge < -0.3 is 10.1 Å². The van der Waals surface area contributed by atoms with Crippen LogP contribution in [0.5, 0.6) is 5.75 Å². The Kier molecular flexibility index (Phi) is 6.41. The van der Waals surface area contributed by atoms with E-state index in [9.17, 15) is 22.4 Å². The van der Waals surface area contributed by atoms with Crippen molar-refractivity contribution >= 4 is 23.2 Å². The zero-order chi connectivity index (χ0) is 21.8. The van der Waals surface area contributed by atoms with Crippen molar-refractivity contribution in [2.45, 2.75) is 13.1 Å². The van der Waals surface area contributed by atoms with Crippen molar-refractivity contribution in [3.05, 3.63) is 58.4 Å². The van der Waals surface area contributed by atoms with E-state index in [1.165, 1.54) is 25.1 Å². The zero-order valence-corrected chi connectivity index (χ0v) is 15.7. The largest absolute Gasteiger partial charge is 0.491 e. The summed E-state index contributed by atoms with van der Waals surface area (Å²) in [7, 11) is 0. The van der Waals surface area contributed by atoms with Crippen molar-refractivity contribution in [1.29, 1.82) is 5.26 Å². The van der Waals surface area contributed by atoms with Crippen molar-refractivity contribution in [1.82, 2.24) is 0 Å². The summed E-state index contributed by atoms with van der Waals surface area (Å²) in [5.41, 5.74) is -3.54. The van der Waals surface area contributed by atoms with Gasteiger partial charge in [0.2, 0.25) is 5.91 Å². The summed E-state index contributed by atoms with van der Waals surface area (Å²) in [6.45, 7) is 0.960. The Morgan fingerprint density at radius 1 is 1.28 bits per heavy atom. The van der Waals surface area contributed by atoms with Crippen LogP contribution in [0.4, 0.5) is 23.2 Å². The average molecular weight is 425 g/mol. The standard InChI is InChI=1S/C20H13ClF4N2O2/c1-3-19(2,11-29-14-6-7-16(21)17(22)9-14)18(28)27-13-5-4-12(10-26)15(8-13)20(23,24)25/h1,4-9H,11H2,2H3,(H,27,28)/t19-/m0/s1. The quantitative estimate of drug-likeness (QED) is 0.541. The van der Waals surface area contributed by atoms with Gasteiger partial charge in [0.05, 0.1) is 22.2 Å². The minimum absolute atomic E-state index is 0.0684. The van der Waals surface area contributed by atoms with Crippen molar-refractivity contribution in [3.63, 3.8) is 0 Å². The summed E-state index contributed by atoms with van der Waals surface area (Å²) in [5.74, 6) is 0.758. The van der Waals surface area contributed by atoms with E-state index < -0.39 is 34.4 Å². The van der Waals surface area contributed by atoms with Crippen LogP contribution >= 0.6 is 11.6 Å². The molecular formula is C20H13ClF4N2O2. The van der Waals surface area contributed by atoms with E-state index in [1.807, 2.05) is 0 Å². The Morgan fingerprint density at radius 3 is 2.52 bits per heavy atom. The molecular weight excluding hydrogens is 412 g/mol. The monoisotopic (exact) mass is 424 g/mol. The molecule has 0 aliphatic heterocycles. The van der Waals surface area contributed by atoms with Gasteiger partial charge in [-0.25, -0.2) is 4.39 Å². The number of benzene rings is 2. The van der Waals surface area contributed by atoms with Crippen LogP contribution in [0.1, 0.15) is 18.1 Å². The molecule has 0 spiro atoms. The second-order valence-corrected chi connectivity index (χ2v) is 6.57. The summed E-state index contributed by atoms with van der Waals surface area (Å²) in [4.78, 5) is 12.5. The van der Waals surface area contributed by atoms with E-state index in [0.29, 0.717) is 6.07 Å². The van der Waals surface area contributed by atoms with E-state index in [0.717, 1.165) is 18.2 Å². The first-order chi connectivity index (χ1) is 13.5. The van der Waals surface area contributed by atoms with Gasteiger partial charge in [0.25, 0.3) is 0 Å². The molecule has 1 amide bonds. The maximum atomic E-state index is 13.5. The van der Waals surface area contributed by atoms with Crippen LogP contribution in [-0.4, -0.2) is 12.5 Å². The lowest BCUT2D eigenvalue weighted by Crippen LogP contribution is -2.37. The highest BCUT2D eigenvalue weighted by Gasteiger charge is 2.35. The molecule has 0 heterocycles. The van der Waals surface area contributed by atoms with E-state index in [-0.39, 0.29) is 23.1 Å². The number of halogens is 5. The third-order valence-electron chi connectivity index (χ3n) is 3.94. The predicted molar refractivity (Wildman–Crippen MR) is 98.6 cm³/mol. The van der Waals surface area contributed by atoms with Gasteiger partial charge in [0.15, 0.2) is 0 Å². The van der Waals surface area contributed by atoms with Crippen LogP contribution in [0.25, 0.3) is 0 Å². The van der Waals surface area contributed by atoms with E-state index in [4.69, 9.17) is 28.0 Å². The topological polar surface area (TPSA) is 62.1 Å². The number of ether oxygens (including phenoxy) is 1. The minimum Gasteiger partial charge on any atom is -0.491 e. The van der Waals surface area contributed by atoms with Gasteiger partial charge >= 0.3 is 6.18 Å². The lowest BCUT2D eigenvalue weighted by atomic mass is 9.91. The molecule has 0 unspecified atom stereocenters. The highest BCUT2D eigenvalue weighted by atomic mass is 35.5. The number of nitriles is 1. The number of hydrogen-bond acceptors (Lipinski definition) is 3. The van der Waals surface area contributed by atoms with Crippen molar-refractivity contribution in [2.75, 3.05) is 11.9 Å². The summed E-state index contributed by atoms with van der Waals surface area (Å²) in [6, 6.07) is 7.82. The van der Waals surface area contributed by atoms with Crippen LogP contribution in [0, 0.1) is 34.9 Å². The molecule has 0 radical (unpaired) electrons. The van der Waals surface area contributed by atoms with Crippen molar-refractivity contribution < 1.29 is 27.1 Å². The number of carbonyl (C=O) groups excluding carboxylic acids is 1. The molecule has 150 valence electrons. The summed E-state index contributed by atoms with van der Waals surface area (Å²) in [5, 5.41) is 11.0. The smallest absolute Gasteiger partial charge is 0.417 e.